The molecule has 3 saturated carbocycles. The van der Waals surface area contributed by atoms with Crippen molar-refractivity contribution in [1.82, 2.24) is 25.6 Å². The van der Waals surface area contributed by atoms with Gasteiger partial charge in [-0.2, -0.15) is 0 Å². The van der Waals surface area contributed by atoms with Gasteiger partial charge in [0.15, 0.2) is 0 Å². The first-order chi connectivity index (χ1) is 17.5. The number of halogens is 2. The van der Waals surface area contributed by atoms with E-state index < -0.39 is 5.60 Å². The van der Waals surface area contributed by atoms with Gasteiger partial charge in [0.05, 0.1) is 28.4 Å². The highest BCUT2D eigenvalue weighted by Crippen LogP contribution is 2.56. The van der Waals surface area contributed by atoms with Gasteiger partial charge in [0.2, 0.25) is 5.65 Å². The van der Waals surface area contributed by atoms with E-state index in [0.717, 1.165) is 60.9 Å². The molecular weight excluding hydrogens is 501 g/mol. The van der Waals surface area contributed by atoms with Crippen molar-refractivity contribution in [3.63, 3.8) is 0 Å². The Morgan fingerprint density at radius 2 is 1.86 bits per heavy atom. The number of aliphatic hydroxyl groups is 1. The normalized spacial score (nSPS) is 27.7. The van der Waals surface area contributed by atoms with Crippen LogP contribution in [0.1, 0.15) is 61.3 Å². The average molecular weight is 526 g/mol. The molecule has 3 aliphatic rings. The summed E-state index contributed by atoms with van der Waals surface area (Å²) in [6.07, 6.45) is 7.42. The fraction of sp³-hybridized carbons (Fsp3) is 0.462. The highest BCUT2D eigenvalue weighted by Gasteiger charge is 2.54. The van der Waals surface area contributed by atoms with E-state index in [2.05, 4.69) is 25.6 Å². The lowest BCUT2D eigenvalue weighted by Gasteiger charge is -2.42. The third-order valence-electron chi connectivity index (χ3n) is 8.28. The molecule has 7 rings (SSSR count). The number of hydrogen-bond acceptors (Lipinski definition) is 7. The van der Waals surface area contributed by atoms with Gasteiger partial charge in [0.25, 0.3) is 0 Å². The predicted octanol–water partition coefficient (Wildman–Crippen LogP) is 5.79. The predicted molar refractivity (Wildman–Crippen MR) is 134 cm³/mol. The fourth-order valence-corrected chi connectivity index (χ4v) is 6.90. The van der Waals surface area contributed by atoms with Crippen molar-refractivity contribution < 1.29 is 14.4 Å². The third kappa shape index (κ3) is 3.57. The molecular formula is C26H25Cl2N5O3. The maximum atomic E-state index is 11.9. The second-order valence-corrected chi connectivity index (χ2v) is 11.2. The van der Waals surface area contributed by atoms with Crippen LogP contribution in [0.2, 0.25) is 10.0 Å². The Kier molecular flexibility index (Phi) is 5.36. The standard InChI is InChI=1S/C26H25Cl2N5O3/c27-19-2-1-3-20(28)22(19)23-18(24(36-32-23)13-4-5-13)12-35-17-8-14-6-7-15(9-17)26(14,34)16-10-21-25(29-11-16)31-33-30-21/h1-3,10-11,13-15,17,34H,4-9,12H2,(H,29,30,31,33)/t14-,15+,17+,26-. The SMILES string of the molecule is O[C@]1(c2cnc3nn[nH]c3c2)[C@@H]2CC[C@H]1C[C@@H](OCc1c(-c3c(Cl)cccc3Cl)noc1C1CC1)C2. The molecule has 3 aliphatic carbocycles. The Hall–Kier alpha value is -2.52. The van der Waals surface area contributed by atoms with Gasteiger partial charge in [0, 0.05) is 28.8 Å². The lowest BCUT2D eigenvalue weighted by molar-refractivity contribution is -0.116. The lowest BCUT2D eigenvalue weighted by Crippen LogP contribution is -2.44. The van der Waals surface area contributed by atoms with Crippen LogP contribution in [0.5, 0.6) is 0 Å². The van der Waals surface area contributed by atoms with E-state index in [4.69, 9.17) is 32.5 Å². The number of benzene rings is 1. The highest BCUT2D eigenvalue weighted by molar-refractivity contribution is 6.39. The Morgan fingerprint density at radius 1 is 1.11 bits per heavy atom. The van der Waals surface area contributed by atoms with Gasteiger partial charge in [-0.25, -0.2) is 4.98 Å². The number of hydrogen-bond donors (Lipinski definition) is 2. The van der Waals surface area contributed by atoms with Crippen molar-refractivity contribution in [3.05, 3.63) is 57.4 Å². The molecule has 1 aromatic carbocycles. The van der Waals surface area contributed by atoms with E-state index >= 15 is 0 Å². The Labute approximate surface area is 217 Å². The molecule has 0 aliphatic heterocycles. The van der Waals surface area contributed by atoms with Crippen LogP contribution in [0, 0.1) is 11.8 Å². The summed E-state index contributed by atoms with van der Waals surface area (Å²) < 4.78 is 12.3. The van der Waals surface area contributed by atoms with Crippen LogP contribution in [0.3, 0.4) is 0 Å². The summed E-state index contributed by atoms with van der Waals surface area (Å²) in [5.74, 6) is 1.44. The molecule has 8 nitrogen and oxygen atoms in total. The zero-order valence-electron chi connectivity index (χ0n) is 19.5. The molecule has 36 heavy (non-hydrogen) atoms. The van der Waals surface area contributed by atoms with Crippen LogP contribution in [0.15, 0.2) is 35.0 Å². The maximum absolute atomic E-state index is 11.9. The molecule has 2 N–H and O–H groups in total. The first kappa shape index (κ1) is 22.7. The van der Waals surface area contributed by atoms with E-state index in [1.807, 2.05) is 24.3 Å². The number of fused-ring (bicyclic) bond motifs is 3. The fourth-order valence-electron chi connectivity index (χ4n) is 6.32. The Morgan fingerprint density at radius 3 is 2.58 bits per heavy atom. The molecule has 4 atom stereocenters. The van der Waals surface area contributed by atoms with Crippen molar-refractivity contribution in [2.75, 3.05) is 0 Å². The van der Waals surface area contributed by atoms with Crippen LogP contribution < -0.4 is 0 Å². The number of pyridine rings is 1. The summed E-state index contributed by atoms with van der Waals surface area (Å²) >= 11 is 13.0. The minimum absolute atomic E-state index is 0.0322. The van der Waals surface area contributed by atoms with E-state index in [-0.39, 0.29) is 17.9 Å². The number of nitrogens with one attached hydrogen (secondary N) is 1. The minimum Gasteiger partial charge on any atom is -0.385 e. The molecule has 0 saturated heterocycles. The molecule has 0 amide bonds. The monoisotopic (exact) mass is 525 g/mol. The molecule has 4 aromatic rings. The molecule has 3 fully saturated rings. The van der Waals surface area contributed by atoms with Gasteiger partial charge in [-0.05, 0) is 68.6 Å². The van der Waals surface area contributed by atoms with Gasteiger partial charge >= 0.3 is 0 Å². The Balaban J connectivity index is 1.13. The van der Waals surface area contributed by atoms with Crippen LogP contribution in [-0.4, -0.2) is 36.8 Å². The zero-order valence-corrected chi connectivity index (χ0v) is 21.0. The lowest BCUT2D eigenvalue weighted by atomic mass is 9.70. The number of aromatic nitrogens is 5. The summed E-state index contributed by atoms with van der Waals surface area (Å²) in [7, 11) is 0. The van der Waals surface area contributed by atoms with Crippen molar-refractivity contribution in [3.8, 4) is 11.3 Å². The number of aromatic amines is 1. The van der Waals surface area contributed by atoms with Crippen LogP contribution in [0.25, 0.3) is 22.4 Å². The smallest absolute Gasteiger partial charge is 0.201 e. The minimum atomic E-state index is -0.918. The number of H-pyrrole nitrogens is 1. The summed E-state index contributed by atoms with van der Waals surface area (Å²) in [5.41, 5.74) is 3.49. The van der Waals surface area contributed by atoms with Crippen molar-refractivity contribution in [2.45, 2.75) is 62.8 Å². The molecule has 3 aromatic heterocycles. The maximum Gasteiger partial charge on any atom is 0.201 e. The van der Waals surface area contributed by atoms with Gasteiger partial charge in [-0.3, -0.25) is 5.10 Å². The molecule has 186 valence electrons. The summed E-state index contributed by atoms with van der Waals surface area (Å²) in [4.78, 5) is 4.40. The molecule has 3 heterocycles. The average Bonchev–Trinajstić information content (AvgIpc) is 3.42. The number of rotatable bonds is 6. The van der Waals surface area contributed by atoms with Crippen LogP contribution in [0.4, 0.5) is 0 Å². The van der Waals surface area contributed by atoms with Gasteiger partial charge < -0.3 is 14.4 Å². The number of nitrogens with zero attached hydrogens (tertiary/aromatic N) is 4. The molecule has 0 radical (unpaired) electrons. The molecule has 0 unspecified atom stereocenters. The first-order valence-electron chi connectivity index (χ1n) is 12.5. The summed E-state index contributed by atoms with van der Waals surface area (Å²) in [5, 5.41) is 28.0. The van der Waals surface area contributed by atoms with Gasteiger partial charge in [-0.1, -0.05) is 39.6 Å². The largest absolute Gasteiger partial charge is 0.385 e. The molecule has 0 spiro atoms. The first-order valence-corrected chi connectivity index (χ1v) is 13.2. The highest BCUT2D eigenvalue weighted by atomic mass is 35.5. The Bertz CT molecular complexity index is 1410. The third-order valence-corrected chi connectivity index (χ3v) is 8.91. The van der Waals surface area contributed by atoms with Crippen LogP contribution in [-0.2, 0) is 16.9 Å². The quantitative estimate of drug-likeness (QED) is 0.328. The van der Waals surface area contributed by atoms with Gasteiger partial charge in [-0.15, -0.1) is 5.10 Å². The second kappa shape index (κ2) is 8.52. The summed E-state index contributed by atoms with van der Waals surface area (Å²) in [6, 6.07) is 7.38. The van der Waals surface area contributed by atoms with Crippen molar-refractivity contribution in [2.24, 2.45) is 11.8 Å². The van der Waals surface area contributed by atoms with E-state index in [0.29, 0.717) is 39.5 Å². The van der Waals surface area contributed by atoms with Crippen molar-refractivity contribution >= 4 is 34.4 Å². The molecule has 2 bridgehead atoms. The number of ether oxygens (including phenoxy) is 1. The van der Waals surface area contributed by atoms with E-state index in [1.165, 1.54) is 0 Å². The van der Waals surface area contributed by atoms with Crippen LogP contribution >= 0.6 is 23.2 Å². The zero-order chi connectivity index (χ0) is 24.4. The summed E-state index contributed by atoms with van der Waals surface area (Å²) in [6.45, 7) is 0.377. The topological polar surface area (TPSA) is 110 Å². The van der Waals surface area contributed by atoms with Crippen molar-refractivity contribution in [1.29, 1.82) is 0 Å². The van der Waals surface area contributed by atoms with E-state index in [1.54, 1.807) is 6.20 Å². The van der Waals surface area contributed by atoms with Gasteiger partial charge in [0.1, 0.15) is 17.0 Å². The molecule has 10 heteroatoms. The second-order valence-electron chi connectivity index (χ2n) is 10.4. The van der Waals surface area contributed by atoms with E-state index in [9.17, 15) is 5.11 Å².